The van der Waals surface area contributed by atoms with Crippen LogP contribution in [0.1, 0.15) is 110 Å². The number of rotatable bonds is 9. The monoisotopic (exact) mass is 388 g/mol. The fourth-order valence-electron chi connectivity index (χ4n) is 4.65. The molecule has 0 bridgehead atoms. The summed E-state index contributed by atoms with van der Waals surface area (Å²) in [6.07, 6.45) is 8.46. The van der Waals surface area contributed by atoms with Gasteiger partial charge in [0, 0.05) is 6.61 Å². The Labute approximate surface area is 174 Å². The first kappa shape index (κ1) is 23.4. The first-order valence-corrected chi connectivity index (χ1v) is 11.6. The lowest BCUT2D eigenvalue weighted by Gasteiger charge is -2.33. The van der Waals surface area contributed by atoms with Gasteiger partial charge in [0.15, 0.2) is 0 Å². The summed E-state index contributed by atoms with van der Waals surface area (Å²) in [6.45, 7) is 14.3. The van der Waals surface area contributed by atoms with E-state index in [2.05, 4.69) is 58.9 Å². The fraction of sp³-hybridized carbons (Fsp3) is 0.769. The molecule has 0 heterocycles. The maximum atomic E-state index is 10.7. The Bertz CT molecular complexity index is 549. The van der Waals surface area contributed by atoms with E-state index in [1.165, 1.54) is 44.1 Å². The van der Waals surface area contributed by atoms with Crippen LogP contribution in [0.2, 0.25) is 0 Å². The molecular formula is C26H44O2. The first-order chi connectivity index (χ1) is 13.2. The van der Waals surface area contributed by atoms with Crippen molar-refractivity contribution in [2.24, 2.45) is 17.3 Å². The maximum Gasteiger partial charge on any atom is 0.105 e. The van der Waals surface area contributed by atoms with Gasteiger partial charge in [-0.05, 0) is 54.1 Å². The SMILES string of the molecule is CC(C)CC(c1ccc(C(O)C(C)OCCC2CCCCC2)cc1)C(C)(C)C. The van der Waals surface area contributed by atoms with Gasteiger partial charge in [-0.25, -0.2) is 0 Å². The molecule has 3 unspecified atom stereocenters. The van der Waals surface area contributed by atoms with Crippen molar-refractivity contribution in [3.8, 4) is 0 Å². The number of ether oxygens (including phenoxy) is 1. The number of benzene rings is 1. The van der Waals surface area contributed by atoms with Gasteiger partial charge in [-0.2, -0.15) is 0 Å². The molecule has 0 spiro atoms. The molecule has 1 aromatic rings. The molecule has 1 aliphatic carbocycles. The maximum absolute atomic E-state index is 10.7. The van der Waals surface area contributed by atoms with E-state index in [1.54, 1.807) is 0 Å². The van der Waals surface area contributed by atoms with Gasteiger partial charge >= 0.3 is 0 Å². The average molecular weight is 389 g/mol. The van der Waals surface area contributed by atoms with Crippen LogP contribution in [-0.4, -0.2) is 17.8 Å². The van der Waals surface area contributed by atoms with Gasteiger partial charge in [0.1, 0.15) is 6.10 Å². The summed E-state index contributed by atoms with van der Waals surface area (Å²) in [7, 11) is 0. The van der Waals surface area contributed by atoms with Crippen molar-refractivity contribution in [2.75, 3.05) is 6.61 Å². The Kier molecular flexibility index (Phi) is 9.02. The van der Waals surface area contributed by atoms with Gasteiger partial charge in [-0.3, -0.25) is 0 Å². The van der Waals surface area contributed by atoms with Crippen LogP contribution in [0.15, 0.2) is 24.3 Å². The Morgan fingerprint density at radius 3 is 2.07 bits per heavy atom. The van der Waals surface area contributed by atoms with Crippen molar-refractivity contribution in [1.29, 1.82) is 0 Å². The molecule has 0 aromatic heterocycles. The van der Waals surface area contributed by atoms with Gasteiger partial charge in [-0.1, -0.05) is 91.0 Å². The highest BCUT2D eigenvalue weighted by Crippen LogP contribution is 2.40. The third-order valence-corrected chi connectivity index (χ3v) is 6.51. The first-order valence-electron chi connectivity index (χ1n) is 11.6. The summed E-state index contributed by atoms with van der Waals surface area (Å²) in [5, 5.41) is 10.7. The van der Waals surface area contributed by atoms with Crippen LogP contribution in [0.5, 0.6) is 0 Å². The lowest BCUT2D eigenvalue weighted by Crippen LogP contribution is -2.22. The molecule has 3 atom stereocenters. The Hall–Kier alpha value is -0.860. The lowest BCUT2D eigenvalue weighted by atomic mass is 9.72. The van der Waals surface area contributed by atoms with Crippen LogP contribution in [0.4, 0.5) is 0 Å². The quantitative estimate of drug-likeness (QED) is 0.482. The molecular weight excluding hydrogens is 344 g/mol. The predicted molar refractivity (Wildman–Crippen MR) is 120 cm³/mol. The number of hydrogen-bond acceptors (Lipinski definition) is 2. The molecule has 1 fully saturated rings. The van der Waals surface area contributed by atoms with E-state index in [1.807, 2.05) is 6.92 Å². The van der Waals surface area contributed by atoms with E-state index in [-0.39, 0.29) is 11.5 Å². The van der Waals surface area contributed by atoms with E-state index in [0.29, 0.717) is 11.8 Å². The Morgan fingerprint density at radius 1 is 0.964 bits per heavy atom. The Balaban J connectivity index is 1.91. The highest BCUT2D eigenvalue weighted by molar-refractivity contribution is 5.28. The van der Waals surface area contributed by atoms with Gasteiger partial charge in [0.25, 0.3) is 0 Å². The molecule has 1 aliphatic rings. The largest absolute Gasteiger partial charge is 0.386 e. The molecule has 1 saturated carbocycles. The molecule has 0 amide bonds. The zero-order valence-corrected chi connectivity index (χ0v) is 19.2. The van der Waals surface area contributed by atoms with Crippen molar-refractivity contribution in [2.45, 2.75) is 105 Å². The molecule has 1 N–H and O–H groups in total. The molecule has 2 rings (SSSR count). The van der Waals surface area contributed by atoms with Crippen LogP contribution in [0.25, 0.3) is 0 Å². The van der Waals surface area contributed by atoms with Gasteiger partial charge in [0.2, 0.25) is 0 Å². The fourth-order valence-corrected chi connectivity index (χ4v) is 4.65. The minimum Gasteiger partial charge on any atom is -0.386 e. The van der Waals surface area contributed by atoms with Gasteiger partial charge in [0.05, 0.1) is 6.10 Å². The average Bonchev–Trinajstić information content (AvgIpc) is 2.65. The second-order valence-corrected chi connectivity index (χ2v) is 10.5. The smallest absolute Gasteiger partial charge is 0.105 e. The van der Waals surface area contributed by atoms with Crippen LogP contribution < -0.4 is 0 Å². The van der Waals surface area contributed by atoms with Crippen LogP contribution in [0.3, 0.4) is 0 Å². The van der Waals surface area contributed by atoms with Crippen LogP contribution in [0, 0.1) is 17.3 Å². The second-order valence-electron chi connectivity index (χ2n) is 10.5. The molecule has 160 valence electrons. The molecule has 2 nitrogen and oxygen atoms in total. The number of aliphatic hydroxyl groups excluding tert-OH is 1. The highest BCUT2D eigenvalue weighted by atomic mass is 16.5. The topological polar surface area (TPSA) is 29.5 Å². The molecule has 0 radical (unpaired) electrons. The predicted octanol–water partition coefficient (Wildman–Crippen LogP) is 7.27. The zero-order valence-electron chi connectivity index (χ0n) is 19.2. The minimum absolute atomic E-state index is 0.163. The summed E-state index contributed by atoms with van der Waals surface area (Å²) in [5.74, 6) is 2.03. The van der Waals surface area contributed by atoms with E-state index < -0.39 is 6.10 Å². The van der Waals surface area contributed by atoms with E-state index in [9.17, 15) is 5.11 Å². The summed E-state index contributed by atoms with van der Waals surface area (Å²) in [4.78, 5) is 0. The van der Waals surface area contributed by atoms with Crippen molar-refractivity contribution >= 4 is 0 Å². The minimum atomic E-state index is -0.557. The molecule has 0 saturated heterocycles. The summed E-state index contributed by atoms with van der Waals surface area (Å²) >= 11 is 0. The molecule has 28 heavy (non-hydrogen) atoms. The Morgan fingerprint density at radius 2 is 1.54 bits per heavy atom. The van der Waals surface area contributed by atoms with Crippen LogP contribution >= 0.6 is 0 Å². The summed E-state index contributed by atoms with van der Waals surface area (Å²) < 4.78 is 6.00. The van der Waals surface area contributed by atoms with E-state index >= 15 is 0 Å². The third-order valence-electron chi connectivity index (χ3n) is 6.51. The van der Waals surface area contributed by atoms with Crippen molar-refractivity contribution in [3.63, 3.8) is 0 Å². The van der Waals surface area contributed by atoms with Crippen LogP contribution in [-0.2, 0) is 4.74 Å². The van der Waals surface area contributed by atoms with E-state index in [4.69, 9.17) is 4.74 Å². The molecule has 1 aromatic carbocycles. The zero-order chi connectivity index (χ0) is 20.7. The number of aliphatic hydroxyl groups is 1. The van der Waals surface area contributed by atoms with Gasteiger partial charge in [-0.15, -0.1) is 0 Å². The normalized spacial score (nSPS) is 19.6. The summed E-state index contributed by atoms with van der Waals surface area (Å²) in [6, 6.07) is 8.62. The summed E-state index contributed by atoms with van der Waals surface area (Å²) in [5.41, 5.74) is 2.58. The molecule has 2 heteroatoms. The lowest BCUT2D eigenvalue weighted by molar-refractivity contribution is -0.0330. The highest BCUT2D eigenvalue weighted by Gasteiger charge is 2.27. The van der Waals surface area contributed by atoms with E-state index in [0.717, 1.165) is 24.5 Å². The second kappa shape index (κ2) is 10.8. The standard InChI is InChI=1S/C26H44O2/c1-19(2)18-24(26(4,5)6)22-12-14-23(15-13-22)25(27)20(3)28-17-16-21-10-8-7-9-11-21/h12-15,19-21,24-25,27H,7-11,16-18H2,1-6H3. The molecule has 0 aliphatic heterocycles. The van der Waals surface area contributed by atoms with Crippen molar-refractivity contribution in [1.82, 2.24) is 0 Å². The van der Waals surface area contributed by atoms with Gasteiger partial charge < -0.3 is 9.84 Å². The van der Waals surface area contributed by atoms with Crippen molar-refractivity contribution < 1.29 is 9.84 Å². The third kappa shape index (κ3) is 7.19. The number of hydrogen-bond donors (Lipinski definition) is 1. The van der Waals surface area contributed by atoms with Crippen molar-refractivity contribution in [3.05, 3.63) is 35.4 Å².